The molecule has 0 radical (unpaired) electrons. The molecule has 2 aliphatic carbocycles. The third-order valence-electron chi connectivity index (χ3n) is 7.54. The van der Waals surface area contributed by atoms with Crippen molar-refractivity contribution in [3.8, 4) is 0 Å². The van der Waals surface area contributed by atoms with Crippen LogP contribution in [0.4, 0.5) is 0 Å². The van der Waals surface area contributed by atoms with Gasteiger partial charge in [-0.3, -0.25) is 9.59 Å². The molecule has 2 amide bonds. The van der Waals surface area contributed by atoms with Crippen LogP contribution in [0.5, 0.6) is 0 Å². The first kappa shape index (κ1) is 23.2. The minimum atomic E-state index is 0.00323. The van der Waals surface area contributed by atoms with Gasteiger partial charge in [0.2, 0.25) is 22.1 Å². The Labute approximate surface area is 187 Å². The zero-order chi connectivity index (χ0) is 22.1. The van der Waals surface area contributed by atoms with Crippen LogP contribution in [-0.2, 0) is 9.59 Å². The standard InChI is InChI=1S/C20H34N6O2S2/c1-6-25(7-2)16(28)12-30-18-24-23-17(26(18)21)29-11-15(27)22-14-10-13-8-9-20(14,5)19(13,3)4/h13-14H,6-12,21H2,1-5H3,(H,22,27). The molecule has 0 aromatic carbocycles. The topological polar surface area (TPSA) is 106 Å². The monoisotopic (exact) mass is 454 g/mol. The molecule has 1 aromatic rings. The molecule has 3 N–H and O–H groups in total. The molecule has 0 aliphatic heterocycles. The summed E-state index contributed by atoms with van der Waals surface area (Å²) < 4.78 is 1.36. The van der Waals surface area contributed by atoms with E-state index in [1.54, 1.807) is 4.90 Å². The number of carbonyl (C=O) groups excluding carboxylic acids is 2. The van der Waals surface area contributed by atoms with Crippen molar-refractivity contribution < 1.29 is 9.59 Å². The summed E-state index contributed by atoms with van der Waals surface area (Å²) >= 11 is 2.53. The van der Waals surface area contributed by atoms with Crippen LogP contribution in [-0.4, -0.2) is 62.2 Å². The van der Waals surface area contributed by atoms with E-state index in [-0.39, 0.29) is 40.2 Å². The molecule has 168 valence electrons. The highest BCUT2D eigenvalue weighted by molar-refractivity contribution is 8.00. The number of thioether (sulfide) groups is 2. The van der Waals surface area contributed by atoms with E-state index >= 15 is 0 Å². The van der Waals surface area contributed by atoms with Gasteiger partial charge in [-0.2, -0.15) is 0 Å². The Kier molecular flexibility index (Phi) is 6.96. The summed E-state index contributed by atoms with van der Waals surface area (Å²) in [7, 11) is 0. The molecule has 2 bridgehead atoms. The zero-order valence-corrected chi connectivity index (χ0v) is 20.2. The number of hydrogen-bond donors (Lipinski definition) is 2. The highest BCUT2D eigenvalue weighted by Crippen LogP contribution is 2.65. The van der Waals surface area contributed by atoms with Crippen LogP contribution in [0, 0.1) is 16.7 Å². The highest BCUT2D eigenvalue weighted by atomic mass is 32.2. The second kappa shape index (κ2) is 8.98. The molecule has 0 saturated heterocycles. The highest BCUT2D eigenvalue weighted by Gasteiger charge is 2.61. The van der Waals surface area contributed by atoms with Crippen LogP contribution in [0.2, 0.25) is 0 Å². The lowest BCUT2D eigenvalue weighted by Crippen LogP contribution is -2.47. The van der Waals surface area contributed by atoms with Crippen LogP contribution in [0.1, 0.15) is 53.9 Å². The molecule has 10 heteroatoms. The normalized spacial score (nSPS) is 26.7. The molecule has 30 heavy (non-hydrogen) atoms. The molecule has 1 heterocycles. The number of fused-ring (bicyclic) bond motifs is 2. The number of rotatable bonds is 9. The minimum absolute atomic E-state index is 0.00323. The summed E-state index contributed by atoms with van der Waals surface area (Å²) in [6.07, 6.45) is 3.50. The van der Waals surface area contributed by atoms with Gasteiger partial charge in [0.25, 0.3) is 0 Å². The number of amides is 2. The lowest BCUT2D eigenvalue weighted by Gasteiger charge is -2.39. The Morgan fingerprint density at radius 2 is 1.77 bits per heavy atom. The summed E-state index contributed by atoms with van der Waals surface area (Å²) in [5.41, 5.74) is 0.428. The fraction of sp³-hybridized carbons (Fsp3) is 0.800. The first-order chi connectivity index (χ1) is 14.1. The average molecular weight is 455 g/mol. The zero-order valence-electron chi connectivity index (χ0n) is 18.6. The number of nitrogen functional groups attached to an aromatic ring is 1. The number of nitrogens with two attached hydrogens (primary N) is 1. The van der Waals surface area contributed by atoms with Crippen LogP contribution >= 0.6 is 23.5 Å². The Morgan fingerprint density at radius 3 is 2.27 bits per heavy atom. The number of nitrogens with one attached hydrogen (secondary N) is 1. The lowest BCUT2D eigenvalue weighted by atomic mass is 9.69. The molecular weight excluding hydrogens is 420 g/mol. The molecule has 2 saturated carbocycles. The van der Waals surface area contributed by atoms with Crippen LogP contribution in [0.3, 0.4) is 0 Å². The van der Waals surface area contributed by atoms with Gasteiger partial charge in [0.05, 0.1) is 11.5 Å². The predicted molar refractivity (Wildman–Crippen MR) is 121 cm³/mol. The average Bonchev–Trinajstić information content (AvgIpc) is 3.23. The van der Waals surface area contributed by atoms with Crippen molar-refractivity contribution in [2.75, 3.05) is 30.4 Å². The van der Waals surface area contributed by atoms with Gasteiger partial charge in [-0.1, -0.05) is 44.3 Å². The summed E-state index contributed by atoms with van der Waals surface area (Å²) in [6.45, 7) is 12.3. The second-order valence-electron chi connectivity index (χ2n) is 9.01. The van der Waals surface area contributed by atoms with Gasteiger partial charge in [-0.05, 0) is 49.9 Å². The van der Waals surface area contributed by atoms with Gasteiger partial charge in [0, 0.05) is 19.1 Å². The Balaban J connectivity index is 1.50. The van der Waals surface area contributed by atoms with Crippen LogP contribution < -0.4 is 11.2 Å². The van der Waals surface area contributed by atoms with E-state index in [4.69, 9.17) is 5.84 Å². The van der Waals surface area contributed by atoms with Crippen molar-refractivity contribution in [3.05, 3.63) is 0 Å². The van der Waals surface area contributed by atoms with Crippen molar-refractivity contribution in [2.45, 2.75) is 70.2 Å². The first-order valence-electron chi connectivity index (χ1n) is 10.7. The molecular formula is C20H34N6O2S2. The largest absolute Gasteiger partial charge is 0.352 e. The third-order valence-corrected chi connectivity index (χ3v) is 9.41. The molecule has 3 atom stereocenters. The van der Waals surface area contributed by atoms with E-state index in [2.05, 4.69) is 36.3 Å². The smallest absolute Gasteiger partial charge is 0.233 e. The SMILES string of the molecule is CCN(CC)C(=O)CSc1nnc(SCC(=O)NC2CC3CCC2(C)C3(C)C)n1N. The quantitative estimate of drug-likeness (QED) is 0.436. The number of aromatic nitrogens is 3. The molecule has 1 aromatic heterocycles. The van der Waals surface area contributed by atoms with Crippen LogP contribution in [0.15, 0.2) is 10.3 Å². The molecule has 2 aliphatic rings. The third kappa shape index (κ3) is 4.17. The van der Waals surface area contributed by atoms with Gasteiger partial charge >= 0.3 is 0 Å². The summed E-state index contributed by atoms with van der Waals surface area (Å²) in [5.74, 6) is 7.32. The maximum absolute atomic E-state index is 12.6. The molecule has 3 unspecified atom stereocenters. The molecule has 3 rings (SSSR count). The van der Waals surface area contributed by atoms with Gasteiger partial charge in [-0.15, -0.1) is 10.2 Å². The van der Waals surface area contributed by atoms with Gasteiger partial charge < -0.3 is 16.1 Å². The van der Waals surface area contributed by atoms with Gasteiger partial charge in [0.15, 0.2) is 0 Å². The van der Waals surface area contributed by atoms with Crippen molar-refractivity contribution in [1.82, 2.24) is 25.1 Å². The molecule has 8 nitrogen and oxygen atoms in total. The van der Waals surface area contributed by atoms with E-state index in [9.17, 15) is 9.59 Å². The van der Waals surface area contributed by atoms with E-state index < -0.39 is 0 Å². The Morgan fingerprint density at radius 1 is 1.17 bits per heavy atom. The van der Waals surface area contributed by atoms with E-state index in [0.717, 1.165) is 6.42 Å². The van der Waals surface area contributed by atoms with Gasteiger partial charge in [0.1, 0.15) is 0 Å². The summed E-state index contributed by atoms with van der Waals surface area (Å²) in [6, 6.07) is 0.229. The Bertz CT molecular complexity index is 794. The maximum atomic E-state index is 12.6. The van der Waals surface area contributed by atoms with E-state index in [1.165, 1.54) is 41.0 Å². The summed E-state index contributed by atoms with van der Waals surface area (Å²) in [4.78, 5) is 26.5. The fourth-order valence-corrected chi connectivity index (χ4v) is 6.53. The van der Waals surface area contributed by atoms with Crippen molar-refractivity contribution >= 4 is 35.3 Å². The second-order valence-corrected chi connectivity index (χ2v) is 10.9. The number of carbonyl (C=O) groups is 2. The van der Waals surface area contributed by atoms with E-state index in [0.29, 0.717) is 29.3 Å². The minimum Gasteiger partial charge on any atom is -0.352 e. The van der Waals surface area contributed by atoms with Crippen molar-refractivity contribution in [2.24, 2.45) is 16.7 Å². The van der Waals surface area contributed by atoms with E-state index in [1.807, 2.05) is 13.8 Å². The maximum Gasteiger partial charge on any atom is 0.233 e. The first-order valence-corrected chi connectivity index (χ1v) is 12.6. The predicted octanol–water partition coefficient (Wildman–Crippen LogP) is 2.38. The Hall–Kier alpha value is -1.42. The fourth-order valence-electron chi connectivity index (χ4n) is 5.04. The summed E-state index contributed by atoms with van der Waals surface area (Å²) in [5, 5.41) is 12.4. The van der Waals surface area contributed by atoms with Crippen molar-refractivity contribution in [1.29, 1.82) is 0 Å². The lowest BCUT2D eigenvalue weighted by molar-refractivity contribution is -0.128. The molecule has 2 fully saturated rings. The number of nitrogens with zero attached hydrogens (tertiary/aromatic N) is 4. The number of hydrogen-bond acceptors (Lipinski definition) is 7. The van der Waals surface area contributed by atoms with Crippen LogP contribution in [0.25, 0.3) is 0 Å². The molecule has 0 spiro atoms. The van der Waals surface area contributed by atoms with Crippen molar-refractivity contribution in [3.63, 3.8) is 0 Å². The van der Waals surface area contributed by atoms with Gasteiger partial charge in [-0.25, -0.2) is 4.68 Å².